The van der Waals surface area contributed by atoms with Gasteiger partial charge in [0.2, 0.25) is 0 Å². The molecule has 1 heterocycles. The van der Waals surface area contributed by atoms with E-state index in [0.717, 1.165) is 0 Å². The summed E-state index contributed by atoms with van der Waals surface area (Å²) in [5.74, 6) is 0.353. The van der Waals surface area contributed by atoms with Crippen LogP contribution >= 0.6 is 11.3 Å². The van der Waals surface area contributed by atoms with Crippen molar-refractivity contribution in [2.75, 3.05) is 6.54 Å². The lowest BCUT2D eigenvalue weighted by Gasteiger charge is -2.14. The number of rotatable bonds is 3. The van der Waals surface area contributed by atoms with Gasteiger partial charge in [0.1, 0.15) is 0 Å². The quantitative estimate of drug-likeness (QED) is 0.839. The molecule has 1 unspecified atom stereocenters. The van der Waals surface area contributed by atoms with Gasteiger partial charge in [-0.2, -0.15) is 0 Å². The average Bonchev–Trinajstić information content (AvgIpc) is 2.68. The Balaban J connectivity index is 2.37. The van der Waals surface area contributed by atoms with Crippen LogP contribution in [0.15, 0.2) is 41.8 Å². The van der Waals surface area contributed by atoms with Gasteiger partial charge in [-0.3, -0.25) is 0 Å². The van der Waals surface area contributed by atoms with E-state index in [2.05, 4.69) is 42.6 Å². The molecule has 0 aliphatic rings. The molecular formula is C13H15NS. The van der Waals surface area contributed by atoms with Crippen LogP contribution in [0, 0.1) is 6.92 Å². The Hall–Kier alpha value is -1.12. The number of hydrogen-bond acceptors (Lipinski definition) is 2. The third kappa shape index (κ3) is 2.11. The molecular weight excluding hydrogens is 202 g/mol. The molecule has 0 aliphatic carbocycles. The van der Waals surface area contributed by atoms with Crippen molar-refractivity contribution in [3.63, 3.8) is 0 Å². The number of hydrogen-bond donors (Lipinski definition) is 1. The molecule has 0 fully saturated rings. The first kappa shape index (κ1) is 10.4. The highest BCUT2D eigenvalue weighted by Crippen LogP contribution is 2.30. The highest BCUT2D eigenvalue weighted by molar-refractivity contribution is 7.10. The van der Waals surface area contributed by atoms with Crippen LogP contribution in [-0.2, 0) is 0 Å². The lowest BCUT2D eigenvalue weighted by molar-refractivity contribution is 0.830. The minimum Gasteiger partial charge on any atom is -0.329 e. The normalized spacial score (nSPS) is 12.7. The summed E-state index contributed by atoms with van der Waals surface area (Å²) >= 11 is 1.80. The third-order valence-corrected chi connectivity index (χ3v) is 3.79. The predicted octanol–water partition coefficient (Wildman–Crippen LogP) is 3.15. The molecule has 1 atom stereocenters. The molecule has 78 valence electrons. The predicted molar refractivity (Wildman–Crippen MR) is 66.4 cm³/mol. The van der Waals surface area contributed by atoms with Crippen LogP contribution in [0.5, 0.6) is 0 Å². The second-order valence-electron chi connectivity index (χ2n) is 3.67. The molecule has 1 nitrogen and oxygen atoms in total. The SMILES string of the molecule is Cc1ccsc1C(CN)c1ccccc1. The summed E-state index contributed by atoms with van der Waals surface area (Å²) in [6, 6.07) is 12.6. The summed E-state index contributed by atoms with van der Waals surface area (Å²) in [5, 5.41) is 2.14. The van der Waals surface area contributed by atoms with E-state index in [1.165, 1.54) is 16.0 Å². The summed E-state index contributed by atoms with van der Waals surface area (Å²) in [5.41, 5.74) is 8.53. The first-order chi connectivity index (χ1) is 7.33. The highest BCUT2D eigenvalue weighted by Gasteiger charge is 2.15. The number of aryl methyl sites for hydroxylation is 1. The number of thiophene rings is 1. The number of nitrogens with two attached hydrogens (primary N) is 1. The van der Waals surface area contributed by atoms with E-state index in [-0.39, 0.29) is 0 Å². The Labute approximate surface area is 94.6 Å². The van der Waals surface area contributed by atoms with Crippen LogP contribution in [0.4, 0.5) is 0 Å². The van der Waals surface area contributed by atoms with E-state index >= 15 is 0 Å². The Morgan fingerprint density at radius 2 is 1.93 bits per heavy atom. The summed E-state index contributed by atoms with van der Waals surface area (Å²) in [6.07, 6.45) is 0. The van der Waals surface area contributed by atoms with Gasteiger partial charge in [-0.25, -0.2) is 0 Å². The van der Waals surface area contributed by atoms with Crippen molar-refractivity contribution in [1.82, 2.24) is 0 Å². The molecule has 0 radical (unpaired) electrons. The van der Waals surface area contributed by atoms with Crippen LogP contribution in [0.1, 0.15) is 21.9 Å². The zero-order valence-corrected chi connectivity index (χ0v) is 9.63. The first-order valence-electron chi connectivity index (χ1n) is 5.12. The molecule has 0 bridgehead atoms. The summed E-state index contributed by atoms with van der Waals surface area (Å²) < 4.78 is 0. The fourth-order valence-electron chi connectivity index (χ4n) is 1.82. The van der Waals surface area contributed by atoms with Crippen molar-refractivity contribution in [3.8, 4) is 0 Å². The van der Waals surface area contributed by atoms with Crippen molar-refractivity contribution in [1.29, 1.82) is 0 Å². The van der Waals surface area contributed by atoms with E-state index < -0.39 is 0 Å². The molecule has 2 aromatic rings. The Morgan fingerprint density at radius 1 is 1.20 bits per heavy atom. The first-order valence-corrected chi connectivity index (χ1v) is 6.00. The van der Waals surface area contributed by atoms with Gasteiger partial charge >= 0.3 is 0 Å². The Kier molecular flexibility index (Phi) is 3.19. The van der Waals surface area contributed by atoms with Gasteiger partial charge in [-0.05, 0) is 29.5 Å². The lowest BCUT2D eigenvalue weighted by Crippen LogP contribution is -2.13. The highest BCUT2D eigenvalue weighted by atomic mass is 32.1. The van der Waals surface area contributed by atoms with Crippen molar-refractivity contribution < 1.29 is 0 Å². The minimum atomic E-state index is 0.353. The maximum atomic E-state index is 5.87. The largest absolute Gasteiger partial charge is 0.329 e. The molecule has 1 aromatic carbocycles. The molecule has 2 rings (SSSR count). The smallest absolute Gasteiger partial charge is 0.0309 e. The monoisotopic (exact) mass is 217 g/mol. The van der Waals surface area contributed by atoms with Crippen molar-refractivity contribution >= 4 is 11.3 Å². The van der Waals surface area contributed by atoms with Gasteiger partial charge < -0.3 is 5.73 Å². The minimum absolute atomic E-state index is 0.353. The summed E-state index contributed by atoms with van der Waals surface area (Å²) in [6.45, 7) is 2.82. The molecule has 2 heteroatoms. The Morgan fingerprint density at radius 3 is 2.47 bits per heavy atom. The molecule has 1 aromatic heterocycles. The van der Waals surface area contributed by atoms with Crippen LogP contribution in [0.2, 0.25) is 0 Å². The molecule has 0 saturated heterocycles. The second-order valence-corrected chi connectivity index (χ2v) is 4.61. The fraction of sp³-hybridized carbons (Fsp3) is 0.231. The van der Waals surface area contributed by atoms with Gasteiger partial charge in [0.25, 0.3) is 0 Å². The second kappa shape index (κ2) is 4.60. The molecule has 0 amide bonds. The van der Waals surface area contributed by atoms with Crippen LogP contribution in [0.25, 0.3) is 0 Å². The van der Waals surface area contributed by atoms with Crippen molar-refractivity contribution in [2.45, 2.75) is 12.8 Å². The van der Waals surface area contributed by atoms with E-state index in [1.807, 2.05) is 6.07 Å². The molecule has 0 saturated carbocycles. The lowest BCUT2D eigenvalue weighted by atomic mass is 9.96. The Bertz CT molecular complexity index is 419. The van der Waals surface area contributed by atoms with E-state index in [0.29, 0.717) is 12.5 Å². The fourth-order valence-corrected chi connectivity index (χ4v) is 2.89. The summed E-state index contributed by atoms with van der Waals surface area (Å²) in [7, 11) is 0. The van der Waals surface area contributed by atoms with Crippen molar-refractivity contribution in [3.05, 3.63) is 57.8 Å². The van der Waals surface area contributed by atoms with E-state index in [4.69, 9.17) is 5.73 Å². The van der Waals surface area contributed by atoms with Gasteiger partial charge in [0.15, 0.2) is 0 Å². The average molecular weight is 217 g/mol. The molecule has 15 heavy (non-hydrogen) atoms. The third-order valence-electron chi connectivity index (χ3n) is 2.66. The van der Waals surface area contributed by atoms with Crippen LogP contribution < -0.4 is 5.73 Å². The van der Waals surface area contributed by atoms with Crippen LogP contribution in [0.3, 0.4) is 0 Å². The standard InChI is InChI=1S/C13H15NS/c1-10-7-8-15-13(10)12(9-14)11-5-3-2-4-6-11/h2-8,12H,9,14H2,1H3. The van der Waals surface area contributed by atoms with Crippen molar-refractivity contribution in [2.24, 2.45) is 5.73 Å². The van der Waals surface area contributed by atoms with E-state index in [1.54, 1.807) is 11.3 Å². The molecule has 2 N–H and O–H groups in total. The topological polar surface area (TPSA) is 26.0 Å². The number of benzene rings is 1. The van der Waals surface area contributed by atoms with Gasteiger partial charge in [-0.1, -0.05) is 30.3 Å². The molecule has 0 aliphatic heterocycles. The zero-order chi connectivity index (χ0) is 10.7. The maximum Gasteiger partial charge on any atom is 0.0309 e. The van der Waals surface area contributed by atoms with Crippen LogP contribution in [-0.4, -0.2) is 6.54 Å². The van der Waals surface area contributed by atoms with E-state index in [9.17, 15) is 0 Å². The van der Waals surface area contributed by atoms with Gasteiger partial charge in [0.05, 0.1) is 0 Å². The maximum absolute atomic E-state index is 5.87. The summed E-state index contributed by atoms with van der Waals surface area (Å²) in [4.78, 5) is 1.39. The zero-order valence-electron chi connectivity index (χ0n) is 8.81. The van der Waals surface area contributed by atoms with Gasteiger partial charge in [-0.15, -0.1) is 11.3 Å². The van der Waals surface area contributed by atoms with Gasteiger partial charge in [0, 0.05) is 17.3 Å². The molecule has 0 spiro atoms.